The Morgan fingerprint density at radius 1 is 1.54 bits per heavy atom. The number of imidazole rings is 1. The van der Waals surface area contributed by atoms with Crippen molar-refractivity contribution in [3.05, 3.63) is 34.8 Å². The Morgan fingerprint density at radius 3 is 2.92 bits per heavy atom. The minimum absolute atomic E-state index is 0.617. The van der Waals surface area contributed by atoms with Crippen molar-refractivity contribution in [2.75, 3.05) is 0 Å². The maximum absolute atomic E-state index is 9.81. The van der Waals surface area contributed by atoms with Crippen molar-refractivity contribution in [1.82, 2.24) is 14.5 Å². The number of aryl methyl sites for hydroxylation is 1. The zero-order valence-corrected chi connectivity index (χ0v) is 7.90. The summed E-state index contributed by atoms with van der Waals surface area (Å²) in [4.78, 5) is 8.08. The molecule has 4 nitrogen and oxygen atoms in total. The molecule has 0 spiro atoms. The van der Waals surface area contributed by atoms with Crippen LogP contribution in [0, 0.1) is 0 Å². The molecular weight excluding hydrogens is 186 g/mol. The van der Waals surface area contributed by atoms with Gasteiger partial charge in [0.15, 0.2) is 6.10 Å². The van der Waals surface area contributed by atoms with Crippen LogP contribution in [0.15, 0.2) is 23.3 Å². The van der Waals surface area contributed by atoms with Gasteiger partial charge in [0, 0.05) is 24.8 Å². The molecule has 2 heterocycles. The van der Waals surface area contributed by atoms with Crippen LogP contribution in [0.2, 0.25) is 0 Å². The highest BCUT2D eigenvalue weighted by Gasteiger charge is 2.15. The van der Waals surface area contributed by atoms with E-state index in [9.17, 15) is 5.11 Å². The van der Waals surface area contributed by atoms with E-state index in [0.717, 1.165) is 0 Å². The monoisotopic (exact) mass is 195 g/mol. The molecule has 13 heavy (non-hydrogen) atoms. The molecule has 0 aliphatic heterocycles. The van der Waals surface area contributed by atoms with Crippen LogP contribution in [0.1, 0.15) is 17.6 Å². The lowest BCUT2D eigenvalue weighted by Crippen LogP contribution is -2.06. The third-order valence-electron chi connectivity index (χ3n) is 1.83. The molecule has 2 aromatic rings. The highest BCUT2D eigenvalue weighted by molar-refractivity contribution is 7.07. The average molecular weight is 195 g/mol. The summed E-state index contributed by atoms with van der Waals surface area (Å²) in [6.45, 7) is 0. The van der Waals surface area contributed by atoms with Crippen LogP contribution in [0.25, 0.3) is 0 Å². The van der Waals surface area contributed by atoms with Crippen LogP contribution >= 0.6 is 11.3 Å². The first-order valence-corrected chi connectivity index (χ1v) is 4.76. The number of aliphatic hydroxyl groups excluding tert-OH is 1. The van der Waals surface area contributed by atoms with Gasteiger partial charge in [-0.1, -0.05) is 0 Å². The molecule has 5 heteroatoms. The fraction of sp³-hybridized carbons (Fsp3) is 0.250. The van der Waals surface area contributed by atoms with Gasteiger partial charge in [0.1, 0.15) is 5.82 Å². The van der Waals surface area contributed by atoms with E-state index in [-0.39, 0.29) is 0 Å². The molecule has 0 amide bonds. The molecule has 1 N–H and O–H groups in total. The number of aliphatic hydroxyl groups is 1. The smallest absolute Gasteiger partial charge is 0.154 e. The molecule has 0 aliphatic carbocycles. The molecule has 0 fully saturated rings. The van der Waals surface area contributed by atoms with Gasteiger partial charge in [0.25, 0.3) is 0 Å². The van der Waals surface area contributed by atoms with E-state index in [1.54, 1.807) is 22.5 Å². The molecule has 1 unspecified atom stereocenters. The number of hydrogen-bond donors (Lipinski definition) is 1. The van der Waals surface area contributed by atoms with Crippen molar-refractivity contribution in [1.29, 1.82) is 0 Å². The van der Waals surface area contributed by atoms with Gasteiger partial charge in [-0.15, -0.1) is 11.3 Å². The van der Waals surface area contributed by atoms with Crippen LogP contribution in [0.4, 0.5) is 0 Å². The molecule has 0 bridgehead atoms. The summed E-state index contributed by atoms with van der Waals surface area (Å²) >= 11 is 1.46. The van der Waals surface area contributed by atoms with Crippen molar-refractivity contribution in [2.45, 2.75) is 6.10 Å². The summed E-state index contributed by atoms with van der Waals surface area (Å²) in [7, 11) is 1.85. The molecule has 0 saturated carbocycles. The number of aromatic nitrogens is 3. The summed E-state index contributed by atoms with van der Waals surface area (Å²) in [5.74, 6) is 0.617. The van der Waals surface area contributed by atoms with Crippen molar-refractivity contribution in [3.8, 4) is 0 Å². The number of thiazole rings is 1. The van der Waals surface area contributed by atoms with Crippen LogP contribution in [-0.2, 0) is 7.05 Å². The van der Waals surface area contributed by atoms with Crippen LogP contribution in [0.3, 0.4) is 0 Å². The van der Waals surface area contributed by atoms with Gasteiger partial charge >= 0.3 is 0 Å². The Kier molecular flexibility index (Phi) is 2.12. The minimum Gasteiger partial charge on any atom is -0.379 e. The summed E-state index contributed by atoms with van der Waals surface area (Å²) < 4.78 is 1.78. The average Bonchev–Trinajstić information content (AvgIpc) is 2.72. The van der Waals surface area contributed by atoms with Crippen LogP contribution in [0.5, 0.6) is 0 Å². The third kappa shape index (κ3) is 1.48. The van der Waals surface area contributed by atoms with Gasteiger partial charge in [-0.3, -0.25) is 0 Å². The molecule has 68 valence electrons. The zero-order chi connectivity index (χ0) is 9.26. The summed E-state index contributed by atoms with van der Waals surface area (Å²) in [5.41, 5.74) is 2.35. The highest BCUT2D eigenvalue weighted by Crippen LogP contribution is 2.19. The number of nitrogens with zero attached hydrogens (tertiary/aromatic N) is 3. The fourth-order valence-electron chi connectivity index (χ4n) is 1.13. The Bertz CT molecular complexity index is 382. The van der Waals surface area contributed by atoms with Crippen LogP contribution < -0.4 is 0 Å². The Labute approximate surface area is 79.5 Å². The SMILES string of the molecule is Cn1ccnc1C(O)c1cscn1. The van der Waals surface area contributed by atoms with Gasteiger partial charge < -0.3 is 9.67 Å². The summed E-state index contributed by atoms with van der Waals surface area (Å²) in [6.07, 6.45) is 2.74. The normalized spacial score (nSPS) is 13.1. The van der Waals surface area contributed by atoms with E-state index in [0.29, 0.717) is 11.5 Å². The molecular formula is C8H9N3OS. The van der Waals surface area contributed by atoms with Crippen molar-refractivity contribution >= 4 is 11.3 Å². The van der Waals surface area contributed by atoms with Crippen molar-refractivity contribution in [2.24, 2.45) is 7.05 Å². The molecule has 0 radical (unpaired) electrons. The van der Waals surface area contributed by atoms with Gasteiger partial charge in [-0.2, -0.15) is 0 Å². The topological polar surface area (TPSA) is 50.9 Å². The zero-order valence-electron chi connectivity index (χ0n) is 7.08. The van der Waals surface area contributed by atoms with E-state index in [4.69, 9.17) is 0 Å². The molecule has 2 rings (SSSR count). The number of hydrogen-bond acceptors (Lipinski definition) is 4. The first-order valence-electron chi connectivity index (χ1n) is 3.82. The molecule has 0 saturated heterocycles. The Morgan fingerprint density at radius 2 is 2.38 bits per heavy atom. The van der Waals surface area contributed by atoms with E-state index < -0.39 is 6.10 Å². The Hall–Kier alpha value is -1.20. The van der Waals surface area contributed by atoms with Gasteiger partial charge in [0.05, 0.1) is 11.2 Å². The lowest BCUT2D eigenvalue weighted by Gasteiger charge is -2.06. The third-order valence-corrected chi connectivity index (χ3v) is 2.44. The van der Waals surface area contributed by atoms with Gasteiger partial charge in [-0.25, -0.2) is 9.97 Å². The Balaban J connectivity index is 2.33. The standard InChI is InChI=1S/C8H9N3OS/c1-11-3-2-9-8(11)7(12)6-4-13-5-10-6/h2-5,7,12H,1H3. The van der Waals surface area contributed by atoms with E-state index >= 15 is 0 Å². The maximum atomic E-state index is 9.81. The first-order chi connectivity index (χ1) is 6.29. The molecule has 2 aromatic heterocycles. The van der Waals surface area contributed by atoms with E-state index in [2.05, 4.69) is 9.97 Å². The number of rotatable bonds is 2. The largest absolute Gasteiger partial charge is 0.379 e. The van der Waals surface area contributed by atoms with Gasteiger partial charge in [0.2, 0.25) is 0 Å². The van der Waals surface area contributed by atoms with Gasteiger partial charge in [-0.05, 0) is 0 Å². The summed E-state index contributed by atoms with van der Waals surface area (Å²) in [5, 5.41) is 11.6. The predicted molar refractivity (Wildman–Crippen MR) is 49.4 cm³/mol. The predicted octanol–water partition coefficient (Wildman–Crippen LogP) is 0.958. The molecule has 0 aliphatic rings. The van der Waals surface area contributed by atoms with E-state index in [1.165, 1.54) is 11.3 Å². The minimum atomic E-state index is -0.716. The lowest BCUT2D eigenvalue weighted by atomic mass is 10.2. The van der Waals surface area contributed by atoms with Crippen molar-refractivity contribution < 1.29 is 5.11 Å². The van der Waals surface area contributed by atoms with Crippen LogP contribution in [-0.4, -0.2) is 19.6 Å². The highest BCUT2D eigenvalue weighted by atomic mass is 32.1. The molecule has 0 aromatic carbocycles. The molecule has 1 atom stereocenters. The second-order valence-corrected chi connectivity index (χ2v) is 3.43. The van der Waals surface area contributed by atoms with Crippen molar-refractivity contribution in [3.63, 3.8) is 0 Å². The summed E-state index contributed by atoms with van der Waals surface area (Å²) in [6, 6.07) is 0. The lowest BCUT2D eigenvalue weighted by molar-refractivity contribution is 0.202. The fourth-order valence-corrected chi connectivity index (χ4v) is 1.70. The first kappa shape index (κ1) is 8.40. The van der Waals surface area contributed by atoms with E-state index in [1.807, 2.05) is 12.4 Å². The second kappa shape index (κ2) is 3.27. The maximum Gasteiger partial charge on any atom is 0.154 e. The quantitative estimate of drug-likeness (QED) is 0.776. The second-order valence-electron chi connectivity index (χ2n) is 2.71.